The van der Waals surface area contributed by atoms with Gasteiger partial charge in [0.2, 0.25) is 0 Å². The van der Waals surface area contributed by atoms with Crippen molar-refractivity contribution in [2.24, 2.45) is 0 Å². The highest BCUT2D eigenvalue weighted by Crippen LogP contribution is 2.41. The number of hydrogen-bond acceptors (Lipinski definition) is 6. The molecule has 0 spiro atoms. The average Bonchev–Trinajstić information content (AvgIpc) is 3.02. The quantitative estimate of drug-likeness (QED) is 0.817. The van der Waals surface area contributed by atoms with Gasteiger partial charge in [-0.3, -0.25) is 4.79 Å². The molecule has 3 rings (SSSR count). The molecule has 1 aromatic carbocycles. The van der Waals surface area contributed by atoms with Gasteiger partial charge in [0.15, 0.2) is 5.79 Å². The van der Waals surface area contributed by atoms with E-state index in [4.69, 9.17) is 14.2 Å². The Bertz CT molecular complexity index is 625. The number of benzene rings is 1. The monoisotopic (exact) mass is 381 g/mol. The van der Waals surface area contributed by atoms with Gasteiger partial charge in [0.1, 0.15) is 5.75 Å². The van der Waals surface area contributed by atoms with E-state index in [-0.39, 0.29) is 17.4 Å². The van der Waals surface area contributed by atoms with Gasteiger partial charge in [0, 0.05) is 25.8 Å². The van der Waals surface area contributed by atoms with Crippen molar-refractivity contribution >= 4 is 17.0 Å². The first kappa shape index (κ1) is 19.5. The molecule has 7 heteroatoms. The van der Waals surface area contributed by atoms with Crippen molar-refractivity contribution in [3.8, 4) is 5.75 Å². The van der Waals surface area contributed by atoms with Crippen molar-refractivity contribution in [2.45, 2.75) is 56.8 Å². The van der Waals surface area contributed by atoms with E-state index >= 15 is 0 Å². The summed E-state index contributed by atoms with van der Waals surface area (Å²) < 4.78 is 17.3. The third kappa shape index (κ3) is 3.86. The summed E-state index contributed by atoms with van der Waals surface area (Å²) in [6.45, 7) is 2.51. The molecule has 2 aliphatic rings. The molecule has 1 unspecified atom stereocenters. The largest absolute Gasteiger partial charge is 0.497 e. The third-order valence-electron chi connectivity index (χ3n) is 5.22. The van der Waals surface area contributed by atoms with Crippen LogP contribution in [0.3, 0.4) is 0 Å². The van der Waals surface area contributed by atoms with Crippen molar-refractivity contribution in [1.82, 2.24) is 4.90 Å². The molecule has 0 radical (unpaired) electrons. The van der Waals surface area contributed by atoms with Gasteiger partial charge in [-0.15, -0.1) is 0 Å². The lowest BCUT2D eigenvalue weighted by Crippen LogP contribution is -2.60. The first-order valence-corrected chi connectivity index (χ1v) is 9.97. The Labute approximate surface area is 158 Å². The number of carbonyl (C=O) groups excluding carboxylic acids is 1. The molecule has 2 heterocycles. The summed E-state index contributed by atoms with van der Waals surface area (Å²) in [5.41, 5.74) is 1.02. The topological polar surface area (TPSA) is 68.2 Å². The highest BCUT2D eigenvalue weighted by molar-refractivity contribution is 8.13. The zero-order valence-corrected chi connectivity index (χ0v) is 16.3. The van der Waals surface area contributed by atoms with Gasteiger partial charge in [-0.25, -0.2) is 0 Å². The summed E-state index contributed by atoms with van der Waals surface area (Å²) in [7, 11) is 3.23. The van der Waals surface area contributed by atoms with Gasteiger partial charge in [-0.05, 0) is 30.5 Å². The lowest BCUT2D eigenvalue weighted by atomic mass is 9.91. The Kier molecular flexibility index (Phi) is 6.12. The van der Waals surface area contributed by atoms with Crippen molar-refractivity contribution in [3.05, 3.63) is 29.8 Å². The lowest BCUT2D eigenvalue weighted by Gasteiger charge is -2.47. The van der Waals surface area contributed by atoms with Crippen LogP contribution in [0.5, 0.6) is 5.75 Å². The number of amides is 1. The van der Waals surface area contributed by atoms with E-state index in [2.05, 4.69) is 0 Å². The molecule has 2 aliphatic heterocycles. The number of rotatable bonds is 6. The number of methoxy groups -OCH3 is 2. The lowest BCUT2D eigenvalue weighted by molar-refractivity contribution is -0.304. The van der Waals surface area contributed by atoms with E-state index in [0.717, 1.165) is 17.7 Å². The summed E-state index contributed by atoms with van der Waals surface area (Å²) >= 11 is 1.28. The van der Waals surface area contributed by atoms with E-state index in [9.17, 15) is 9.90 Å². The average molecular weight is 381 g/mol. The molecule has 26 heavy (non-hydrogen) atoms. The molecule has 0 aromatic heterocycles. The maximum Gasteiger partial charge on any atom is 0.282 e. The summed E-state index contributed by atoms with van der Waals surface area (Å²) in [5.74, 6) is 0.404. The standard InChI is InChI=1S/C19H27NO5S/c1-4-15-9-14(21)10-19(24-3,25-15)17-12-26-18(22)20(17)11-13-5-7-16(23-2)8-6-13/h5-8,14-15,17,21H,4,9-12H2,1-3H3/t14-,15?,17+,19-/m1/s1. The van der Waals surface area contributed by atoms with Crippen molar-refractivity contribution < 1.29 is 24.1 Å². The summed E-state index contributed by atoms with van der Waals surface area (Å²) in [4.78, 5) is 14.3. The molecule has 2 saturated heterocycles. The van der Waals surface area contributed by atoms with Gasteiger partial charge in [-0.2, -0.15) is 0 Å². The second-order valence-electron chi connectivity index (χ2n) is 6.83. The minimum Gasteiger partial charge on any atom is -0.497 e. The van der Waals surface area contributed by atoms with Crippen LogP contribution in [0.1, 0.15) is 31.7 Å². The van der Waals surface area contributed by atoms with Crippen LogP contribution < -0.4 is 4.74 Å². The molecule has 0 saturated carbocycles. The molecule has 6 nitrogen and oxygen atoms in total. The van der Waals surface area contributed by atoms with E-state index in [1.54, 1.807) is 19.1 Å². The normalized spacial score (nSPS) is 32.1. The number of aliphatic hydroxyl groups is 1. The van der Waals surface area contributed by atoms with Gasteiger partial charge >= 0.3 is 0 Å². The van der Waals surface area contributed by atoms with Crippen LogP contribution in [-0.2, 0) is 16.0 Å². The molecular weight excluding hydrogens is 354 g/mol. The molecule has 2 fully saturated rings. The number of carbonyl (C=O) groups is 1. The van der Waals surface area contributed by atoms with E-state index in [1.165, 1.54) is 11.8 Å². The fourth-order valence-corrected chi connectivity index (χ4v) is 4.83. The number of ether oxygens (including phenoxy) is 3. The van der Waals surface area contributed by atoms with Crippen molar-refractivity contribution in [2.75, 3.05) is 20.0 Å². The Hall–Kier alpha value is -1.28. The number of hydrogen-bond donors (Lipinski definition) is 1. The molecular formula is C19H27NO5S. The highest BCUT2D eigenvalue weighted by Gasteiger charge is 2.53. The van der Waals surface area contributed by atoms with E-state index in [1.807, 2.05) is 31.2 Å². The fraction of sp³-hybridized carbons (Fsp3) is 0.632. The summed E-state index contributed by atoms with van der Waals surface area (Å²) in [6.07, 6.45) is 1.22. The maximum absolute atomic E-state index is 12.5. The van der Waals surface area contributed by atoms with Crippen LogP contribution in [-0.4, -0.2) is 59.3 Å². The third-order valence-corrected chi connectivity index (χ3v) is 6.18. The Balaban J connectivity index is 1.82. The van der Waals surface area contributed by atoms with Gasteiger partial charge in [0.25, 0.3) is 5.24 Å². The minimum absolute atomic E-state index is 0.0129. The van der Waals surface area contributed by atoms with Gasteiger partial charge in [0.05, 0.1) is 25.4 Å². The Morgan fingerprint density at radius 3 is 2.69 bits per heavy atom. The smallest absolute Gasteiger partial charge is 0.282 e. The van der Waals surface area contributed by atoms with Gasteiger partial charge in [-0.1, -0.05) is 30.8 Å². The van der Waals surface area contributed by atoms with Crippen LogP contribution in [0.2, 0.25) is 0 Å². The second-order valence-corrected chi connectivity index (χ2v) is 7.80. The number of thioether (sulfide) groups is 1. The van der Waals surface area contributed by atoms with Crippen LogP contribution in [0, 0.1) is 0 Å². The second kappa shape index (κ2) is 8.17. The Morgan fingerprint density at radius 1 is 1.35 bits per heavy atom. The molecule has 1 aromatic rings. The first-order valence-electron chi connectivity index (χ1n) is 8.98. The Morgan fingerprint density at radius 2 is 2.08 bits per heavy atom. The summed E-state index contributed by atoms with van der Waals surface area (Å²) in [6, 6.07) is 7.45. The molecule has 0 aliphatic carbocycles. The summed E-state index contributed by atoms with van der Waals surface area (Å²) in [5, 5.41) is 10.4. The van der Waals surface area contributed by atoms with Crippen LogP contribution >= 0.6 is 11.8 Å². The van der Waals surface area contributed by atoms with Crippen molar-refractivity contribution in [3.63, 3.8) is 0 Å². The van der Waals surface area contributed by atoms with E-state index < -0.39 is 11.9 Å². The SMILES string of the molecule is CCC1C[C@@H](O)C[C@](OC)([C@@H]2CSC(=O)N2Cc2ccc(OC)cc2)O1. The van der Waals surface area contributed by atoms with E-state index in [0.29, 0.717) is 25.1 Å². The fourth-order valence-electron chi connectivity index (χ4n) is 3.74. The molecule has 1 amide bonds. The zero-order chi connectivity index (χ0) is 18.7. The maximum atomic E-state index is 12.5. The van der Waals surface area contributed by atoms with Crippen LogP contribution in [0.4, 0.5) is 4.79 Å². The number of aliphatic hydroxyl groups excluding tert-OH is 1. The molecule has 4 atom stereocenters. The highest BCUT2D eigenvalue weighted by atomic mass is 32.2. The molecule has 144 valence electrons. The van der Waals surface area contributed by atoms with Crippen LogP contribution in [0.25, 0.3) is 0 Å². The zero-order valence-electron chi connectivity index (χ0n) is 15.5. The van der Waals surface area contributed by atoms with Crippen molar-refractivity contribution in [1.29, 1.82) is 0 Å². The molecule has 0 bridgehead atoms. The molecule has 1 N–H and O–H groups in total. The van der Waals surface area contributed by atoms with Gasteiger partial charge < -0.3 is 24.2 Å². The first-order chi connectivity index (χ1) is 12.5. The van der Waals surface area contributed by atoms with Crippen LogP contribution in [0.15, 0.2) is 24.3 Å². The predicted molar refractivity (Wildman–Crippen MR) is 100 cm³/mol. The predicted octanol–water partition coefficient (Wildman–Crippen LogP) is 3.03. The minimum atomic E-state index is -0.968. The number of nitrogens with zero attached hydrogens (tertiary/aromatic N) is 1.